The van der Waals surface area contributed by atoms with Crippen molar-refractivity contribution in [2.75, 3.05) is 6.61 Å². The Kier molecular flexibility index (Phi) is 7.87. The minimum absolute atomic E-state index is 0.0149. The molecule has 5 atom stereocenters. The Bertz CT molecular complexity index is 484. The number of aliphatic hydroxyl groups excluding tert-OH is 1. The van der Waals surface area contributed by atoms with Gasteiger partial charge in [0.05, 0.1) is 12.7 Å². The van der Waals surface area contributed by atoms with E-state index in [2.05, 4.69) is 0 Å². The van der Waals surface area contributed by atoms with E-state index in [0.29, 0.717) is 6.42 Å². The maximum absolute atomic E-state index is 11.4. The fourth-order valence-electron chi connectivity index (χ4n) is 2.34. The van der Waals surface area contributed by atoms with Crippen LogP contribution in [0.4, 0.5) is 0 Å². The second-order valence-corrected chi connectivity index (χ2v) is 5.61. The summed E-state index contributed by atoms with van der Waals surface area (Å²) in [6.07, 6.45) is -0.349. The highest BCUT2D eigenvalue weighted by molar-refractivity contribution is 5.68. The molecule has 0 amide bonds. The van der Waals surface area contributed by atoms with Crippen LogP contribution in [0, 0.1) is 0 Å². The van der Waals surface area contributed by atoms with Crippen LogP contribution in [0.2, 0.25) is 0 Å². The minimum Gasteiger partial charge on any atom is -0.456 e. The monoisotopic (exact) mass is 344 g/mol. The van der Waals surface area contributed by atoms with Crippen LogP contribution in [0.5, 0.6) is 0 Å². The fourth-order valence-corrected chi connectivity index (χ4v) is 2.34. The molecule has 24 heavy (non-hydrogen) atoms. The summed E-state index contributed by atoms with van der Waals surface area (Å²) >= 11 is 0. The van der Waals surface area contributed by atoms with E-state index in [9.17, 15) is 19.5 Å². The summed E-state index contributed by atoms with van der Waals surface area (Å²) in [5.74, 6) is -1.74. The Morgan fingerprint density at radius 1 is 1.08 bits per heavy atom. The predicted octanol–water partition coefficient (Wildman–Crippen LogP) is 0.507. The molecular weight excluding hydrogens is 320 g/mol. The highest BCUT2D eigenvalue weighted by Gasteiger charge is 2.45. The molecule has 8 nitrogen and oxygen atoms in total. The normalized spacial score (nSPS) is 28.2. The van der Waals surface area contributed by atoms with Gasteiger partial charge in [0.15, 0.2) is 18.3 Å². The number of hydrogen-bond acceptors (Lipinski definition) is 8. The summed E-state index contributed by atoms with van der Waals surface area (Å²) < 4.78 is 21.2. The lowest BCUT2D eigenvalue weighted by Gasteiger charge is -2.39. The number of hydrogen-bond donors (Lipinski definition) is 1. The van der Waals surface area contributed by atoms with Crippen molar-refractivity contribution in [1.29, 1.82) is 0 Å². The molecule has 1 rings (SSSR count). The lowest BCUT2D eigenvalue weighted by atomic mass is 9.98. The summed E-state index contributed by atoms with van der Waals surface area (Å²) in [4.78, 5) is 34.0. The van der Waals surface area contributed by atoms with E-state index in [0.717, 1.165) is 0 Å². The Morgan fingerprint density at radius 3 is 2.12 bits per heavy atom. The first-order valence-electron chi connectivity index (χ1n) is 7.68. The zero-order chi connectivity index (χ0) is 18.3. The molecule has 0 aliphatic carbocycles. The third-order valence-corrected chi connectivity index (χ3v) is 3.19. The first-order chi connectivity index (χ1) is 11.2. The highest BCUT2D eigenvalue weighted by Crippen LogP contribution is 2.25. The van der Waals surface area contributed by atoms with Crippen molar-refractivity contribution in [2.45, 2.75) is 64.6 Å². The lowest BCUT2D eigenvalue weighted by molar-refractivity contribution is -0.218. The summed E-state index contributed by atoms with van der Waals surface area (Å²) in [7, 11) is 0. The first-order valence-corrected chi connectivity index (χ1v) is 7.68. The zero-order valence-corrected chi connectivity index (χ0v) is 14.3. The van der Waals surface area contributed by atoms with Gasteiger partial charge in [-0.2, -0.15) is 0 Å². The number of carbonyl (C=O) groups is 3. The lowest BCUT2D eigenvalue weighted by Crippen LogP contribution is -2.56. The third-order valence-electron chi connectivity index (χ3n) is 3.19. The average molecular weight is 344 g/mol. The molecular formula is C16H24O8. The van der Waals surface area contributed by atoms with E-state index < -0.39 is 48.4 Å². The number of ether oxygens (including phenoxy) is 4. The van der Waals surface area contributed by atoms with Gasteiger partial charge < -0.3 is 24.1 Å². The Hall–Kier alpha value is -1.93. The third kappa shape index (κ3) is 6.67. The van der Waals surface area contributed by atoms with E-state index in [1.807, 2.05) is 0 Å². The van der Waals surface area contributed by atoms with Crippen LogP contribution in [0.25, 0.3) is 0 Å². The van der Waals surface area contributed by atoms with Crippen molar-refractivity contribution in [1.82, 2.24) is 0 Å². The number of carbonyl (C=O) groups excluding carboxylic acids is 3. The minimum atomic E-state index is -0.981. The maximum atomic E-state index is 11.4. The van der Waals surface area contributed by atoms with Gasteiger partial charge in [-0.3, -0.25) is 14.4 Å². The molecule has 0 bridgehead atoms. The van der Waals surface area contributed by atoms with Crippen LogP contribution in [-0.2, 0) is 33.3 Å². The van der Waals surface area contributed by atoms with Crippen LogP contribution < -0.4 is 0 Å². The number of aliphatic hydroxyl groups is 1. The molecule has 8 heteroatoms. The van der Waals surface area contributed by atoms with Crippen LogP contribution >= 0.6 is 0 Å². The van der Waals surface area contributed by atoms with Gasteiger partial charge in [0.2, 0.25) is 0 Å². The van der Waals surface area contributed by atoms with Gasteiger partial charge in [0.25, 0.3) is 0 Å². The van der Waals surface area contributed by atoms with Crippen molar-refractivity contribution in [3.05, 3.63) is 12.2 Å². The van der Waals surface area contributed by atoms with Gasteiger partial charge in [-0.1, -0.05) is 12.2 Å². The van der Waals surface area contributed by atoms with Gasteiger partial charge in [-0.25, -0.2) is 0 Å². The number of rotatable bonds is 6. The van der Waals surface area contributed by atoms with E-state index in [4.69, 9.17) is 18.9 Å². The van der Waals surface area contributed by atoms with E-state index in [1.165, 1.54) is 20.8 Å². The molecule has 1 fully saturated rings. The fraction of sp³-hybridized carbons (Fsp3) is 0.688. The van der Waals surface area contributed by atoms with Crippen LogP contribution in [0.3, 0.4) is 0 Å². The van der Waals surface area contributed by atoms with Gasteiger partial charge in [0, 0.05) is 20.8 Å². The molecule has 0 radical (unpaired) electrons. The molecule has 0 aromatic heterocycles. The molecule has 1 unspecified atom stereocenters. The Balaban J connectivity index is 3.01. The standard InChI is InChI=1S/C16H24O8/c1-9(17)6-5-7-13-15(23-11(3)19)16(24-12(4)20)14(8-21-13)22-10(2)18/h5,7,9,13-17H,6,8H2,1-4H3/t9?,13-,14+,15-,16-/m0/s1. The molecule has 1 aliphatic rings. The summed E-state index contributed by atoms with van der Waals surface area (Å²) in [6, 6.07) is 0. The van der Waals surface area contributed by atoms with Crippen LogP contribution in [0.15, 0.2) is 12.2 Å². The molecule has 0 saturated carbocycles. The van der Waals surface area contributed by atoms with E-state index >= 15 is 0 Å². The van der Waals surface area contributed by atoms with E-state index in [1.54, 1.807) is 19.1 Å². The molecule has 0 aromatic carbocycles. The maximum Gasteiger partial charge on any atom is 0.303 e. The second kappa shape index (κ2) is 9.39. The van der Waals surface area contributed by atoms with Gasteiger partial charge in [-0.15, -0.1) is 0 Å². The highest BCUT2D eigenvalue weighted by atomic mass is 16.6. The van der Waals surface area contributed by atoms with Crippen LogP contribution in [-0.4, -0.2) is 60.1 Å². The molecule has 1 aliphatic heterocycles. The van der Waals surface area contributed by atoms with Crippen molar-refractivity contribution in [3.63, 3.8) is 0 Å². The largest absolute Gasteiger partial charge is 0.456 e. The topological polar surface area (TPSA) is 108 Å². The molecule has 0 aromatic rings. The van der Waals surface area contributed by atoms with Crippen molar-refractivity contribution in [2.24, 2.45) is 0 Å². The zero-order valence-electron chi connectivity index (χ0n) is 14.3. The van der Waals surface area contributed by atoms with E-state index in [-0.39, 0.29) is 6.61 Å². The van der Waals surface area contributed by atoms with Crippen LogP contribution in [0.1, 0.15) is 34.1 Å². The summed E-state index contributed by atoms with van der Waals surface area (Å²) in [5.41, 5.74) is 0. The summed E-state index contributed by atoms with van der Waals surface area (Å²) in [6.45, 7) is 5.27. The predicted molar refractivity (Wildman–Crippen MR) is 81.8 cm³/mol. The van der Waals surface area contributed by atoms with Gasteiger partial charge in [0.1, 0.15) is 6.10 Å². The first kappa shape index (κ1) is 20.1. The van der Waals surface area contributed by atoms with Gasteiger partial charge >= 0.3 is 17.9 Å². The molecule has 1 heterocycles. The quantitative estimate of drug-likeness (QED) is 0.422. The smallest absolute Gasteiger partial charge is 0.303 e. The average Bonchev–Trinajstić information content (AvgIpc) is 2.42. The molecule has 136 valence electrons. The SMILES string of the molecule is CC(=O)O[C@@H]1[C@@H](OC(C)=O)[C@H](OC(C)=O)CO[C@H]1C=CCC(C)O. The second-order valence-electron chi connectivity index (χ2n) is 5.61. The van der Waals surface area contributed by atoms with Crippen molar-refractivity contribution < 1.29 is 38.4 Å². The number of esters is 3. The molecule has 1 saturated heterocycles. The molecule has 1 N–H and O–H groups in total. The Labute approximate surface area is 140 Å². The van der Waals surface area contributed by atoms with Gasteiger partial charge in [-0.05, 0) is 13.3 Å². The molecule has 0 spiro atoms. The summed E-state index contributed by atoms with van der Waals surface area (Å²) in [5, 5.41) is 9.30. The van der Waals surface area contributed by atoms with Crippen molar-refractivity contribution >= 4 is 17.9 Å². The Morgan fingerprint density at radius 2 is 1.62 bits per heavy atom. The van der Waals surface area contributed by atoms with Crippen molar-refractivity contribution in [3.8, 4) is 0 Å².